The van der Waals surface area contributed by atoms with E-state index in [4.69, 9.17) is 20.9 Å². The van der Waals surface area contributed by atoms with Crippen LogP contribution in [0.25, 0.3) is 10.2 Å². The molecule has 23 heavy (non-hydrogen) atoms. The number of anilines is 2. The number of aryl methyl sites for hydroxylation is 1. The highest BCUT2D eigenvalue weighted by Gasteiger charge is 2.17. The van der Waals surface area contributed by atoms with Crippen LogP contribution in [0.15, 0.2) is 27.3 Å². The third-order valence-corrected chi connectivity index (χ3v) is 5.88. The van der Waals surface area contributed by atoms with Crippen LogP contribution in [0.1, 0.15) is 5.56 Å². The van der Waals surface area contributed by atoms with Crippen molar-refractivity contribution in [3.8, 4) is 11.5 Å². The van der Waals surface area contributed by atoms with E-state index >= 15 is 0 Å². The molecule has 0 aliphatic heterocycles. The number of nitrogen functional groups attached to an aromatic ring is 2. The molecule has 0 bridgehead atoms. The Morgan fingerprint density at radius 2 is 1.91 bits per heavy atom. The fraction of sp³-hybridized carbons (Fsp3) is 0.200. The summed E-state index contributed by atoms with van der Waals surface area (Å²) >= 11 is 3.12. The normalized spacial score (nSPS) is 10.9. The SMILES string of the molecule is COc1ccc(OC)c(Sc2sc3nc(N)nc(N)c3c2C)c1. The number of nitrogens with two attached hydrogens (primary N) is 2. The van der Waals surface area contributed by atoms with Gasteiger partial charge in [0.15, 0.2) is 0 Å². The van der Waals surface area contributed by atoms with Gasteiger partial charge in [-0.05, 0) is 30.7 Å². The molecule has 1 aromatic carbocycles. The number of benzene rings is 1. The molecule has 0 radical (unpaired) electrons. The first kappa shape index (κ1) is 15.7. The van der Waals surface area contributed by atoms with Gasteiger partial charge in [-0.2, -0.15) is 4.98 Å². The maximum Gasteiger partial charge on any atom is 0.223 e. The van der Waals surface area contributed by atoms with Crippen molar-refractivity contribution in [3.05, 3.63) is 23.8 Å². The van der Waals surface area contributed by atoms with Gasteiger partial charge in [-0.15, -0.1) is 11.3 Å². The van der Waals surface area contributed by atoms with Gasteiger partial charge in [0.25, 0.3) is 0 Å². The van der Waals surface area contributed by atoms with Crippen LogP contribution < -0.4 is 20.9 Å². The van der Waals surface area contributed by atoms with Crippen LogP contribution in [0.4, 0.5) is 11.8 Å². The summed E-state index contributed by atoms with van der Waals surface area (Å²) in [7, 11) is 3.29. The van der Waals surface area contributed by atoms with Crippen LogP contribution in [-0.4, -0.2) is 24.2 Å². The van der Waals surface area contributed by atoms with Crippen molar-refractivity contribution in [3.63, 3.8) is 0 Å². The van der Waals surface area contributed by atoms with Crippen LogP contribution in [-0.2, 0) is 0 Å². The third kappa shape index (κ3) is 2.87. The quantitative estimate of drug-likeness (QED) is 0.746. The molecule has 0 unspecified atom stereocenters. The summed E-state index contributed by atoms with van der Waals surface area (Å²) in [5, 5.41) is 0.855. The number of nitrogens with zero attached hydrogens (tertiary/aromatic N) is 2. The Hall–Kier alpha value is -2.19. The number of thiophene rings is 1. The van der Waals surface area contributed by atoms with E-state index < -0.39 is 0 Å². The van der Waals surface area contributed by atoms with Crippen LogP contribution in [0.3, 0.4) is 0 Å². The summed E-state index contributed by atoms with van der Waals surface area (Å²) in [6.45, 7) is 2.00. The molecular weight excluding hydrogens is 332 g/mol. The van der Waals surface area contributed by atoms with Gasteiger partial charge < -0.3 is 20.9 Å². The maximum atomic E-state index is 5.99. The number of methoxy groups -OCH3 is 2. The first-order valence-electron chi connectivity index (χ1n) is 6.75. The Morgan fingerprint density at radius 1 is 1.13 bits per heavy atom. The highest BCUT2D eigenvalue weighted by Crippen LogP contribution is 2.45. The predicted octanol–water partition coefficient (Wildman–Crippen LogP) is 3.33. The lowest BCUT2D eigenvalue weighted by Gasteiger charge is -2.09. The zero-order valence-corrected chi connectivity index (χ0v) is 14.5. The number of hydrogen-bond donors (Lipinski definition) is 2. The van der Waals surface area contributed by atoms with Crippen LogP contribution in [0.2, 0.25) is 0 Å². The van der Waals surface area contributed by atoms with Crippen LogP contribution >= 0.6 is 23.1 Å². The molecule has 2 heterocycles. The first-order chi connectivity index (χ1) is 11.0. The van der Waals surface area contributed by atoms with Crippen molar-refractivity contribution in [1.82, 2.24) is 9.97 Å². The monoisotopic (exact) mass is 348 g/mol. The molecule has 0 amide bonds. The van der Waals surface area contributed by atoms with E-state index in [-0.39, 0.29) is 5.95 Å². The molecule has 0 aliphatic rings. The van der Waals surface area contributed by atoms with Gasteiger partial charge in [-0.25, -0.2) is 4.98 Å². The van der Waals surface area contributed by atoms with E-state index in [1.54, 1.807) is 26.0 Å². The lowest BCUT2D eigenvalue weighted by Crippen LogP contribution is -1.99. The van der Waals surface area contributed by atoms with Crippen molar-refractivity contribution >= 4 is 45.1 Å². The van der Waals surface area contributed by atoms with Crippen LogP contribution in [0, 0.1) is 6.92 Å². The molecule has 0 atom stereocenters. The molecule has 4 N–H and O–H groups in total. The van der Waals surface area contributed by atoms with E-state index in [0.717, 1.165) is 36.4 Å². The van der Waals surface area contributed by atoms with E-state index in [1.165, 1.54) is 11.3 Å². The number of fused-ring (bicyclic) bond motifs is 1. The maximum absolute atomic E-state index is 5.99. The molecule has 0 aliphatic carbocycles. The Bertz CT molecular complexity index is 880. The molecule has 120 valence electrons. The fourth-order valence-corrected chi connectivity index (χ4v) is 4.71. The second-order valence-corrected chi connectivity index (χ2v) is 7.09. The lowest BCUT2D eigenvalue weighted by atomic mass is 10.2. The number of ether oxygens (including phenoxy) is 2. The Labute approximate surface area is 141 Å². The second kappa shape index (κ2) is 6.13. The number of aromatic nitrogens is 2. The highest BCUT2D eigenvalue weighted by atomic mass is 32.2. The van der Waals surface area contributed by atoms with E-state index in [9.17, 15) is 0 Å². The van der Waals surface area contributed by atoms with Gasteiger partial charge in [-0.3, -0.25) is 0 Å². The molecule has 3 rings (SSSR count). The number of hydrogen-bond acceptors (Lipinski definition) is 8. The first-order valence-corrected chi connectivity index (χ1v) is 8.38. The molecular formula is C15H16N4O2S2. The van der Waals surface area contributed by atoms with Crippen molar-refractivity contribution in [2.75, 3.05) is 25.7 Å². The Balaban J connectivity index is 2.08. The highest BCUT2D eigenvalue weighted by molar-refractivity contribution is 8.01. The van der Waals surface area contributed by atoms with Crippen molar-refractivity contribution in [1.29, 1.82) is 0 Å². The average molecular weight is 348 g/mol. The minimum absolute atomic E-state index is 0.187. The topological polar surface area (TPSA) is 96.3 Å². The van der Waals surface area contributed by atoms with Crippen molar-refractivity contribution < 1.29 is 9.47 Å². The van der Waals surface area contributed by atoms with Gasteiger partial charge in [0.2, 0.25) is 5.95 Å². The third-order valence-electron chi connectivity index (χ3n) is 3.37. The van der Waals surface area contributed by atoms with E-state index in [2.05, 4.69) is 9.97 Å². The molecule has 2 aromatic heterocycles. The summed E-state index contributed by atoms with van der Waals surface area (Å²) in [5.41, 5.74) is 12.7. The average Bonchev–Trinajstić information content (AvgIpc) is 2.83. The molecule has 6 nitrogen and oxygen atoms in total. The van der Waals surface area contributed by atoms with Crippen molar-refractivity contribution in [2.24, 2.45) is 0 Å². The fourth-order valence-electron chi connectivity index (χ4n) is 2.23. The van der Waals surface area contributed by atoms with E-state index in [0.29, 0.717) is 5.82 Å². The lowest BCUT2D eigenvalue weighted by molar-refractivity contribution is 0.394. The summed E-state index contributed by atoms with van der Waals surface area (Å²) in [6.07, 6.45) is 0. The molecule has 0 saturated heterocycles. The smallest absolute Gasteiger partial charge is 0.223 e. The summed E-state index contributed by atoms with van der Waals surface area (Å²) in [4.78, 5) is 10.1. The Morgan fingerprint density at radius 3 is 2.61 bits per heavy atom. The van der Waals surface area contributed by atoms with Gasteiger partial charge in [0, 0.05) is 0 Å². The number of rotatable bonds is 4. The van der Waals surface area contributed by atoms with Crippen LogP contribution in [0.5, 0.6) is 11.5 Å². The van der Waals surface area contributed by atoms with Gasteiger partial charge in [-0.1, -0.05) is 11.8 Å². The summed E-state index contributed by atoms with van der Waals surface area (Å²) < 4.78 is 11.8. The van der Waals surface area contributed by atoms with Gasteiger partial charge >= 0.3 is 0 Å². The zero-order chi connectivity index (χ0) is 16.6. The van der Waals surface area contributed by atoms with Gasteiger partial charge in [0.1, 0.15) is 22.1 Å². The second-order valence-electron chi connectivity index (χ2n) is 4.78. The summed E-state index contributed by atoms with van der Waals surface area (Å²) in [5.74, 6) is 2.15. The summed E-state index contributed by atoms with van der Waals surface area (Å²) in [6, 6.07) is 5.69. The molecule has 0 spiro atoms. The molecule has 0 fully saturated rings. The van der Waals surface area contributed by atoms with Crippen molar-refractivity contribution in [2.45, 2.75) is 16.0 Å². The predicted molar refractivity (Wildman–Crippen MR) is 94.6 cm³/mol. The van der Waals surface area contributed by atoms with E-state index in [1.807, 2.05) is 25.1 Å². The largest absolute Gasteiger partial charge is 0.497 e. The van der Waals surface area contributed by atoms with Gasteiger partial charge in [0.05, 0.1) is 28.7 Å². The Kier molecular flexibility index (Phi) is 4.18. The molecule has 0 saturated carbocycles. The molecule has 8 heteroatoms. The zero-order valence-electron chi connectivity index (χ0n) is 12.9. The minimum atomic E-state index is 0.187. The standard InChI is InChI=1S/C15H16N4O2S2/c1-7-11-12(16)18-15(17)19-13(11)23-14(7)22-10-6-8(20-2)4-5-9(10)21-3/h4-6H,1-3H3,(H4,16,17,18,19). The minimum Gasteiger partial charge on any atom is -0.497 e. The molecule has 3 aromatic rings.